The lowest BCUT2D eigenvalue weighted by atomic mass is 9.96. The van der Waals surface area contributed by atoms with Gasteiger partial charge in [0.05, 0.1) is 0 Å². The molecule has 2 rings (SSSR count). The zero-order valence-electron chi connectivity index (χ0n) is 10.9. The standard InChI is InChI=1S/C15H21NS/c1-11(2)14(16-3)8-7-12-5-4-6-13-9-10-17-15(12)13/h4-6,9-11,14,16H,7-8H2,1-3H3. The molecule has 1 atom stereocenters. The van der Waals surface area contributed by atoms with Crippen molar-refractivity contribution in [2.24, 2.45) is 5.92 Å². The van der Waals surface area contributed by atoms with Crippen molar-refractivity contribution in [1.82, 2.24) is 5.32 Å². The van der Waals surface area contributed by atoms with E-state index in [-0.39, 0.29) is 0 Å². The quantitative estimate of drug-likeness (QED) is 0.839. The van der Waals surface area contributed by atoms with Gasteiger partial charge in [-0.15, -0.1) is 11.3 Å². The fraction of sp³-hybridized carbons (Fsp3) is 0.467. The highest BCUT2D eigenvalue weighted by Crippen LogP contribution is 2.26. The number of hydrogen-bond acceptors (Lipinski definition) is 2. The summed E-state index contributed by atoms with van der Waals surface area (Å²) < 4.78 is 1.46. The highest BCUT2D eigenvalue weighted by molar-refractivity contribution is 7.17. The number of hydrogen-bond donors (Lipinski definition) is 1. The van der Waals surface area contributed by atoms with Crippen LogP contribution < -0.4 is 5.32 Å². The molecule has 0 saturated heterocycles. The average Bonchev–Trinajstić information content (AvgIpc) is 2.78. The topological polar surface area (TPSA) is 12.0 Å². The molecule has 1 heterocycles. The summed E-state index contributed by atoms with van der Waals surface area (Å²) in [5.74, 6) is 0.697. The van der Waals surface area contributed by atoms with Crippen LogP contribution in [-0.4, -0.2) is 13.1 Å². The number of rotatable bonds is 5. The summed E-state index contributed by atoms with van der Waals surface area (Å²) in [7, 11) is 2.07. The second-order valence-corrected chi connectivity index (χ2v) is 5.85. The number of fused-ring (bicyclic) bond motifs is 1. The van der Waals surface area contributed by atoms with Gasteiger partial charge in [-0.3, -0.25) is 0 Å². The van der Waals surface area contributed by atoms with Gasteiger partial charge in [-0.05, 0) is 48.2 Å². The number of thiophene rings is 1. The third-order valence-electron chi connectivity index (χ3n) is 3.46. The first kappa shape index (κ1) is 12.6. The molecule has 0 amide bonds. The minimum atomic E-state index is 0.616. The van der Waals surface area contributed by atoms with Crippen LogP contribution in [0.2, 0.25) is 0 Å². The van der Waals surface area contributed by atoms with Crippen molar-refractivity contribution in [2.75, 3.05) is 7.05 Å². The molecule has 0 saturated carbocycles. The van der Waals surface area contributed by atoms with Gasteiger partial charge >= 0.3 is 0 Å². The molecule has 0 bridgehead atoms. The zero-order valence-corrected chi connectivity index (χ0v) is 11.7. The zero-order chi connectivity index (χ0) is 12.3. The van der Waals surface area contributed by atoms with Gasteiger partial charge in [0, 0.05) is 10.7 Å². The Bertz CT molecular complexity index is 472. The highest BCUT2D eigenvalue weighted by Gasteiger charge is 2.11. The molecule has 1 unspecified atom stereocenters. The molecular formula is C15H21NS. The molecule has 1 aromatic heterocycles. The predicted octanol–water partition coefficient (Wildman–Crippen LogP) is 4.08. The summed E-state index contributed by atoms with van der Waals surface area (Å²) in [4.78, 5) is 0. The van der Waals surface area contributed by atoms with Gasteiger partial charge in [0.1, 0.15) is 0 Å². The smallest absolute Gasteiger partial charge is 0.0374 e. The second-order valence-electron chi connectivity index (χ2n) is 4.93. The lowest BCUT2D eigenvalue weighted by Gasteiger charge is -2.20. The van der Waals surface area contributed by atoms with Gasteiger partial charge < -0.3 is 5.32 Å². The number of nitrogens with one attached hydrogen (secondary N) is 1. The largest absolute Gasteiger partial charge is 0.317 e. The van der Waals surface area contributed by atoms with Crippen LogP contribution >= 0.6 is 11.3 Å². The van der Waals surface area contributed by atoms with E-state index in [4.69, 9.17) is 0 Å². The lowest BCUT2D eigenvalue weighted by Crippen LogP contribution is -2.30. The minimum Gasteiger partial charge on any atom is -0.317 e. The molecular weight excluding hydrogens is 226 g/mol. The summed E-state index contributed by atoms with van der Waals surface area (Å²) in [6, 6.07) is 9.47. The van der Waals surface area contributed by atoms with E-state index in [1.165, 1.54) is 28.5 Å². The Morgan fingerprint density at radius 2 is 2.06 bits per heavy atom. The SMILES string of the molecule is CNC(CCc1cccc2ccsc12)C(C)C. The Morgan fingerprint density at radius 3 is 2.76 bits per heavy atom. The van der Waals surface area contributed by atoms with Gasteiger partial charge in [0.2, 0.25) is 0 Å². The monoisotopic (exact) mass is 247 g/mol. The molecule has 92 valence electrons. The Balaban J connectivity index is 2.10. The van der Waals surface area contributed by atoms with Crippen LogP contribution in [-0.2, 0) is 6.42 Å². The lowest BCUT2D eigenvalue weighted by molar-refractivity contribution is 0.403. The van der Waals surface area contributed by atoms with E-state index in [1.54, 1.807) is 0 Å². The van der Waals surface area contributed by atoms with Crippen molar-refractivity contribution in [3.8, 4) is 0 Å². The van der Waals surface area contributed by atoms with E-state index >= 15 is 0 Å². The normalized spacial score (nSPS) is 13.4. The third kappa shape index (κ3) is 2.88. The van der Waals surface area contributed by atoms with Gasteiger partial charge in [-0.2, -0.15) is 0 Å². The maximum atomic E-state index is 3.42. The first-order valence-corrected chi connectivity index (χ1v) is 7.22. The van der Waals surface area contributed by atoms with E-state index in [9.17, 15) is 0 Å². The fourth-order valence-corrected chi connectivity index (χ4v) is 3.32. The van der Waals surface area contributed by atoms with Crippen molar-refractivity contribution in [3.05, 3.63) is 35.2 Å². The van der Waals surface area contributed by atoms with E-state index in [0.29, 0.717) is 12.0 Å². The van der Waals surface area contributed by atoms with Crippen LogP contribution in [0.1, 0.15) is 25.8 Å². The maximum absolute atomic E-state index is 3.42. The van der Waals surface area contributed by atoms with Crippen LogP contribution in [0.4, 0.5) is 0 Å². The summed E-state index contributed by atoms with van der Waals surface area (Å²) in [5, 5.41) is 6.99. The van der Waals surface area contributed by atoms with Crippen LogP contribution in [0.15, 0.2) is 29.6 Å². The van der Waals surface area contributed by atoms with Crippen molar-refractivity contribution >= 4 is 21.4 Å². The molecule has 0 aliphatic rings. The van der Waals surface area contributed by atoms with Gasteiger partial charge in [0.25, 0.3) is 0 Å². The Hall–Kier alpha value is -0.860. The Kier molecular flexibility index (Phi) is 4.19. The highest BCUT2D eigenvalue weighted by atomic mass is 32.1. The summed E-state index contributed by atoms with van der Waals surface area (Å²) in [6.07, 6.45) is 2.38. The van der Waals surface area contributed by atoms with E-state index in [2.05, 4.69) is 55.9 Å². The van der Waals surface area contributed by atoms with Crippen LogP contribution in [0, 0.1) is 5.92 Å². The molecule has 1 aromatic carbocycles. The first-order valence-electron chi connectivity index (χ1n) is 6.34. The number of benzene rings is 1. The molecule has 0 spiro atoms. The van der Waals surface area contributed by atoms with Crippen LogP contribution in [0.5, 0.6) is 0 Å². The number of aryl methyl sites for hydroxylation is 1. The third-order valence-corrected chi connectivity index (χ3v) is 4.47. The van der Waals surface area contributed by atoms with Crippen LogP contribution in [0.25, 0.3) is 10.1 Å². The summed E-state index contributed by atoms with van der Waals surface area (Å²) >= 11 is 1.86. The van der Waals surface area contributed by atoms with Crippen molar-refractivity contribution in [2.45, 2.75) is 32.7 Å². The minimum absolute atomic E-state index is 0.616. The Labute approximate surface area is 108 Å². The molecule has 0 aliphatic carbocycles. The van der Waals surface area contributed by atoms with Gasteiger partial charge in [-0.1, -0.05) is 32.0 Å². The molecule has 2 aromatic rings. The first-order chi connectivity index (χ1) is 8.22. The van der Waals surface area contributed by atoms with E-state index in [1.807, 2.05) is 11.3 Å². The van der Waals surface area contributed by atoms with Crippen molar-refractivity contribution < 1.29 is 0 Å². The summed E-state index contributed by atoms with van der Waals surface area (Å²) in [6.45, 7) is 4.57. The van der Waals surface area contributed by atoms with E-state index < -0.39 is 0 Å². The van der Waals surface area contributed by atoms with Crippen molar-refractivity contribution in [3.63, 3.8) is 0 Å². The predicted molar refractivity (Wildman–Crippen MR) is 77.8 cm³/mol. The van der Waals surface area contributed by atoms with E-state index in [0.717, 1.165) is 0 Å². The molecule has 1 N–H and O–H groups in total. The Morgan fingerprint density at radius 1 is 1.24 bits per heavy atom. The molecule has 1 nitrogen and oxygen atoms in total. The van der Waals surface area contributed by atoms with Crippen LogP contribution in [0.3, 0.4) is 0 Å². The molecule has 0 radical (unpaired) electrons. The molecule has 2 heteroatoms. The second kappa shape index (κ2) is 5.65. The fourth-order valence-electron chi connectivity index (χ4n) is 2.37. The van der Waals surface area contributed by atoms with Crippen molar-refractivity contribution in [1.29, 1.82) is 0 Å². The maximum Gasteiger partial charge on any atom is 0.0374 e. The summed E-state index contributed by atoms with van der Waals surface area (Å²) in [5.41, 5.74) is 1.50. The molecule has 0 aliphatic heterocycles. The van der Waals surface area contributed by atoms with Gasteiger partial charge in [0.15, 0.2) is 0 Å². The molecule has 17 heavy (non-hydrogen) atoms. The van der Waals surface area contributed by atoms with Gasteiger partial charge in [-0.25, -0.2) is 0 Å². The molecule has 0 fully saturated rings. The average molecular weight is 247 g/mol.